The molecule has 2 aromatic carbocycles. The molecule has 6 nitrogen and oxygen atoms in total. The minimum absolute atomic E-state index is 0.0480. The molecule has 0 bridgehead atoms. The van der Waals surface area contributed by atoms with Crippen LogP contribution < -0.4 is 10.6 Å². The molecule has 158 valence electrons. The average molecular weight is 407 g/mol. The quantitative estimate of drug-likeness (QED) is 0.532. The van der Waals surface area contributed by atoms with Crippen LogP contribution in [0.25, 0.3) is 11.0 Å². The van der Waals surface area contributed by atoms with E-state index in [2.05, 4.69) is 20.6 Å². The minimum Gasteiger partial charge on any atom is -0.344 e. The first-order valence-corrected chi connectivity index (χ1v) is 10.4. The van der Waals surface area contributed by atoms with Crippen molar-refractivity contribution in [2.45, 2.75) is 46.2 Å². The molecule has 0 aliphatic carbocycles. The van der Waals surface area contributed by atoms with E-state index >= 15 is 0 Å². The molecule has 0 unspecified atom stereocenters. The van der Waals surface area contributed by atoms with Crippen molar-refractivity contribution in [3.63, 3.8) is 0 Å². The molecule has 0 aliphatic heterocycles. The Morgan fingerprint density at radius 2 is 1.57 bits per heavy atom. The van der Waals surface area contributed by atoms with E-state index in [-0.39, 0.29) is 36.1 Å². The molecule has 0 fully saturated rings. The first kappa shape index (κ1) is 21.6. The first-order valence-electron chi connectivity index (χ1n) is 10.4. The molecule has 2 amide bonds. The maximum Gasteiger partial charge on any atom is 0.243 e. The Balaban J connectivity index is 1.72. The third kappa shape index (κ3) is 5.26. The number of nitrogens with one attached hydrogen (secondary N) is 3. The Hall–Kier alpha value is -3.15. The predicted octanol–water partition coefficient (Wildman–Crippen LogP) is 3.76. The highest BCUT2D eigenvalue weighted by Gasteiger charge is 2.29. The molecule has 0 saturated heterocycles. The molecule has 6 heteroatoms. The molecule has 0 aliphatic rings. The van der Waals surface area contributed by atoms with Gasteiger partial charge in [0.15, 0.2) is 0 Å². The standard InChI is InChI=1S/C24H30N4O2/c1-15(2)21(23-25-18-12-8-9-13-19(18)26-23)28-24(30)22(16(3)4)27-20(29)14-17-10-6-5-7-11-17/h5-13,15-16,21-22H,14H2,1-4H3,(H,25,26)(H,27,29)(H,28,30)/t21-,22+/m1/s1. The average Bonchev–Trinajstić information content (AvgIpc) is 3.14. The van der Waals surface area contributed by atoms with Crippen LogP contribution in [0.3, 0.4) is 0 Å². The van der Waals surface area contributed by atoms with Gasteiger partial charge in [0.05, 0.1) is 23.5 Å². The lowest BCUT2D eigenvalue weighted by Crippen LogP contribution is -2.51. The summed E-state index contributed by atoms with van der Waals surface area (Å²) in [7, 11) is 0. The summed E-state index contributed by atoms with van der Waals surface area (Å²) in [5, 5.41) is 6.00. The first-order chi connectivity index (χ1) is 14.3. The molecule has 0 saturated carbocycles. The number of hydrogen-bond donors (Lipinski definition) is 3. The van der Waals surface area contributed by atoms with Crippen LogP contribution in [-0.4, -0.2) is 27.8 Å². The van der Waals surface area contributed by atoms with Gasteiger partial charge in [0, 0.05) is 0 Å². The largest absolute Gasteiger partial charge is 0.344 e. The van der Waals surface area contributed by atoms with Crippen molar-refractivity contribution in [2.75, 3.05) is 0 Å². The Labute approximate surface area is 177 Å². The highest BCUT2D eigenvalue weighted by atomic mass is 16.2. The number of nitrogens with zero attached hydrogens (tertiary/aromatic N) is 1. The molecule has 3 aromatic rings. The van der Waals surface area contributed by atoms with Crippen LogP contribution in [0, 0.1) is 11.8 Å². The fourth-order valence-electron chi connectivity index (χ4n) is 3.45. The summed E-state index contributed by atoms with van der Waals surface area (Å²) in [6.07, 6.45) is 0.245. The van der Waals surface area contributed by atoms with Gasteiger partial charge in [-0.05, 0) is 29.5 Å². The summed E-state index contributed by atoms with van der Waals surface area (Å²) >= 11 is 0. The maximum absolute atomic E-state index is 13.1. The van der Waals surface area contributed by atoms with Gasteiger partial charge in [-0.25, -0.2) is 4.98 Å². The van der Waals surface area contributed by atoms with E-state index < -0.39 is 6.04 Å². The summed E-state index contributed by atoms with van der Waals surface area (Å²) < 4.78 is 0. The van der Waals surface area contributed by atoms with Crippen LogP contribution in [0.1, 0.15) is 45.1 Å². The summed E-state index contributed by atoms with van der Waals surface area (Å²) in [6.45, 7) is 7.93. The number of aromatic amines is 1. The lowest BCUT2D eigenvalue weighted by Gasteiger charge is -2.26. The monoisotopic (exact) mass is 406 g/mol. The number of fused-ring (bicyclic) bond motifs is 1. The van der Waals surface area contributed by atoms with Crippen molar-refractivity contribution in [1.82, 2.24) is 20.6 Å². The summed E-state index contributed by atoms with van der Waals surface area (Å²) in [5.74, 6) is 0.429. The minimum atomic E-state index is -0.619. The van der Waals surface area contributed by atoms with Crippen molar-refractivity contribution in [3.8, 4) is 0 Å². The Morgan fingerprint density at radius 3 is 2.20 bits per heavy atom. The zero-order valence-corrected chi connectivity index (χ0v) is 18.0. The number of para-hydroxylation sites is 2. The maximum atomic E-state index is 13.1. The van der Waals surface area contributed by atoms with Gasteiger partial charge in [0.25, 0.3) is 0 Å². The van der Waals surface area contributed by atoms with Crippen molar-refractivity contribution >= 4 is 22.8 Å². The number of carbonyl (C=O) groups is 2. The molecular weight excluding hydrogens is 376 g/mol. The van der Waals surface area contributed by atoms with Crippen molar-refractivity contribution in [3.05, 3.63) is 66.0 Å². The second-order valence-corrected chi connectivity index (χ2v) is 8.32. The van der Waals surface area contributed by atoms with Crippen LogP contribution in [-0.2, 0) is 16.0 Å². The molecule has 2 atom stereocenters. The van der Waals surface area contributed by atoms with Crippen LogP contribution in [0.4, 0.5) is 0 Å². The Morgan fingerprint density at radius 1 is 0.900 bits per heavy atom. The van der Waals surface area contributed by atoms with Crippen LogP contribution >= 0.6 is 0 Å². The number of carbonyl (C=O) groups excluding carboxylic acids is 2. The van der Waals surface area contributed by atoms with Gasteiger partial charge < -0.3 is 15.6 Å². The topological polar surface area (TPSA) is 86.9 Å². The van der Waals surface area contributed by atoms with E-state index in [1.165, 1.54) is 0 Å². The number of imidazole rings is 1. The van der Waals surface area contributed by atoms with E-state index in [4.69, 9.17) is 0 Å². The zero-order valence-electron chi connectivity index (χ0n) is 18.0. The second-order valence-electron chi connectivity index (χ2n) is 8.32. The van der Waals surface area contributed by atoms with Gasteiger partial charge in [-0.1, -0.05) is 70.2 Å². The molecule has 3 rings (SSSR count). The molecule has 0 radical (unpaired) electrons. The number of amides is 2. The third-order valence-corrected chi connectivity index (χ3v) is 5.14. The highest BCUT2D eigenvalue weighted by Crippen LogP contribution is 2.22. The summed E-state index contributed by atoms with van der Waals surface area (Å²) in [4.78, 5) is 33.6. The molecule has 0 spiro atoms. The van der Waals surface area contributed by atoms with Gasteiger partial charge >= 0.3 is 0 Å². The van der Waals surface area contributed by atoms with Gasteiger partial charge in [0.2, 0.25) is 11.8 Å². The predicted molar refractivity (Wildman–Crippen MR) is 119 cm³/mol. The number of benzene rings is 2. The fraction of sp³-hybridized carbons (Fsp3) is 0.375. The number of rotatable bonds is 8. The smallest absolute Gasteiger partial charge is 0.243 e. The third-order valence-electron chi connectivity index (χ3n) is 5.14. The SMILES string of the molecule is CC(C)[C@H](NC(=O)Cc1ccccc1)C(=O)N[C@@H](c1nc2ccccc2[nH]1)C(C)C. The summed E-state index contributed by atoms with van der Waals surface area (Å²) in [5.41, 5.74) is 2.72. The van der Waals surface area contributed by atoms with Crippen molar-refractivity contribution in [2.24, 2.45) is 11.8 Å². The van der Waals surface area contributed by atoms with Gasteiger partial charge in [-0.2, -0.15) is 0 Å². The van der Waals surface area contributed by atoms with E-state index in [9.17, 15) is 9.59 Å². The Kier molecular flexibility index (Phi) is 6.87. The number of hydrogen-bond acceptors (Lipinski definition) is 3. The lowest BCUT2D eigenvalue weighted by molar-refractivity contribution is -0.130. The van der Waals surface area contributed by atoms with E-state index in [1.54, 1.807) is 0 Å². The van der Waals surface area contributed by atoms with E-state index in [1.807, 2.05) is 82.3 Å². The van der Waals surface area contributed by atoms with Gasteiger partial charge in [0.1, 0.15) is 11.9 Å². The normalized spacial score (nSPS) is 13.4. The molecular formula is C24H30N4O2. The molecule has 1 heterocycles. The highest BCUT2D eigenvalue weighted by molar-refractivity contribution is 5.89. The lowest BCUT2D eigenvalue weighted by atomic mass is 9.99. The summed E-state index contributed by atoms with van der Waals surface area (Å²) in [6, 6.07) is 16.4. The number of H-pyrrole nitrogens is 1. The zero-order chi connectivity index (χ0) is 21.7. The molecule has 30 heavy (non-hydrogen) atoms. The molecule has 3 N–H and O–H groups in total. The van der Waals surface area contributed by atoms with Crippen molar-refractivity contribution < 1.29 is 9.59 Å². The Bertz CT molecular complexity index is 962. The van der Waals surface area contributed by atoms with Crippen LogP contribution in [0.5, 0.6) is 0 Å². The van der Waals surface area contributed by atoms with Crippen molar-refractivity contribution in [1.29, 1.82) is 0 Å². The van der Waals surface area contributed by atoms with E-state index in [0.717, 1.165) is 22.4 Å². The number of aromatic nitrogens is 2. The van der Waals surface area contributed by atoms with Crippen LogP contribution in [0.15, 0.2) is 54.6 Å². The molecule has 1 aromatic heterocycles. The van der Waals surface area contributed by atoms with E-state index in [0.29, 0.717) is 0 Å². The van der Waals surface area contributed by atoms with Gasteiger partial charge in [-0.15, -0.1) is 0 Å². The van der Waals surface area contributed by atoms with Crippen LogP contribution in [0.2, 0.25) is 0 Å². The second kappa shape index (κ2) is 9.57. The van der Waals surface area contributed by atoms with Gasteiger partial charge in [-0.3, -0.25) is 9.59 Å². The fourth-order valence-corrected chi connectivity index (χ4v) is 3.45.